The number of thioether (sulfide) groups is 2. The van der Waals surface area contributed by atoms with Gasteiger partial charge in [0.1, 0.15) is 0 Å². The molecule has 3 heteroatoms. The summed E-state index contributed by atoms with van der Waals surface area (Å²) in [5.41, 5.74) is 0. The summed E-state index contributed by atoms with van der Waals surface area (Å²) in [6, 6.07) is 0. The van der Waals surface area contributed by atoms with E-state index in [0.29, 0.717) is 10.5 Å². The Bertz CT molecular complexity index is 185. The minimum atomic E-state index is -0.0819. The van der Waals surface area contributed by atoms with Crippen molar-refractivity contribution in [2.24, 2.45) is 5.92 Å². The number of rotatable bonds is 6. The fraction of sp³-hybridized carbons (Fsp3) is 1.00. The average molecular weight is 262 g/mol. The van der Waals surface area contributed by atoms with E-state index in [0.717, 1.165) is 12.3 Å². The van der Waals surface area contributed by atoms with E-state index < -0.39 is 0 Å². The quantitative estimate of drug-likeness (QED) is 0.786. The van der Waals surface area contributed by atoms with Crippen molar-refractivity contribution in [1.29, 1.82) is 0 Å². The molecule has 3 atom stereocenters. The van der Waals surface area contributed by atoms with Crippen LogP contribution in [0.15, 0.2) is 0 Å². The maximum atomic E-state index is 10.3. The largest absolute Gasteiger partial charge is 0.392 e. The van der Waals surface area contributed by atoms with Crippen LogP contribution in [0.5, 0.6) is 0 Å². The average Bonchev–Trinajstić information content (AvgIpc) is 2.28. The van der Waals surface area contributed by atoms with Crippen LogP contribution in [0.25, 0.3) is 0 Å². The van der Waals surface area contributed by atoms with Crippen LogP contribution in [0.4, 0.5) is 0 Å². The highest BCUT2D eigenvalue weighted by Gasteiger charge is 2.30. The Morgan fingerprint density at radius 2 is 1.88 bits per heavy atom. The Morgan fingerprint density at radius 3 is 2.50 bits per heavy atom. The zero-order chi connectivity index (χ0) is 12.0. The topological polar surface area (TPSA) is 20.2 Å². The van der Waals surface area contributed by atoms with Crippen molar-refractivity contribution >= 4 is 23.5 Å². The van der Waals surface area contributed by atoms with E-state index in [2.05, 4.69) is 32.5 Å². The van der Waals surface area contributed by atoms with Crippen LogP contribution < -0.4 is 0 Å². The Morgan fingerprint density at radius 1 is 1.19 bits per heavy atom. The molecule has 0 bridgehead atoms. The van der Waals surface area contributed by atoms with E-state index in [1.165, 1.54) is 30.8 Å². The number of hydrogen-bond donors (Lipinski definition) is 1. The lowest BCUT2D eigenvalue weighted by atomic mass is 10.0. The molecule has 1 rings (SSSR count). The molecule has 0 saturated carbocycles. The molecule has 1 aliphatic heterocycles. The van der Waals surface area contributed by atoms with E-state index >= 15 is 0 Å². The summed E-state index contributed by atoms with van der Waals surface area (Å²) in [4.78, 5) is 0. The number of aliphatic hydroxyl groups is 1. The zero-order valence-electron chi connectivity index (χ0n) is 10.8. The van der Waals surface area contributed by atoms with Gasteiger partial charge < -0.3 is 5.11 Å². The predicted octanol–water partition coefficient (Wildman–Crippen LogP) is 3.80. The molecule has 0 radical (unpaired) electrons. The molecule has 1 heterocycles. The van der Waals surface area contributed by atoms with Gasteiger partial charge in [0.05, 0.1) is 6.10 Å². The summed E-state index contributed by atoms with van der Waals surface area (Å²) in [5.74, 6) is 3.24. The predicted molar refractivity (Wildman–Crippen MR) is 77.5 cm³/mol. The van der Waals surface area contributed by atoms with Crippen molar-refractivity contribution in [3.8, 4) is 0 Å². The van der Waals surface area contributed by atoms with Gasteiger partial charge in [-0.15, -0.1) is 0 Å². The maximum absolute atomic E-state index is 10.3. The lowest BCUT2D eigenvalue weighted by Gasteiger charge is -2.33. The van der Waals surface area contributed by atoms with Crippen LogP contribution in [-0.2, 0) is 0 Å². The van der Waals surface area contributed by atoms with Crippen molar-refractivity contribution < 1.29 is 5.11 Å². The summed E-state index contributed by atoms with van der Waals surface area (Å²) in [6.07, 6.45) is 4.53. The summed E-state index contributed by atoms with van der Waals surface area (Å²) in [7, 11) is 0. The van der Waals surface area contributed by atoms with E-state index in [4.69, 9.17) is 0 Å². The lowest BCUT2D eigenvalue weighted by molar-refractivity contribution is 0.154. The lowest BCUT2D eigenvalue weighted by Crippen LogP contribution is -2.36. The molecule has 16 heavy (non-hydrogen) atoms. The molecule has 3 unspecified atom stereocenters. The van der Waals surface area contributed by atoms with Crippen LogP contribution >= 0.6 is 23.5 Å². The number of hydrogen-bond acceptors (Lipinski definition) is 3. The van der Waals surface area contributed by atoms with Gasteiger partial charge in [0.2, 0.25) is 0 Å². The SMILES string of the molecule is CCC1SCCSC1C(O)CCCC(C)C. The van der Waals surface area contributed by atoms with Gasteiger partial charge in [-0.2, -0.15) is 23.5 Å². The summed E-state index contributed by atoms with van der Waals surface area (Å²) in [5, 5.41) is 11.4. The molecule has 0 aromatic heterocycles. The monoisotopic (exact) mass is 262 g/mol. The summed E-state index contributed by atoms with van der Waals surface area (Å²) in [6.45, 7) is 6.76. The van der Waals surface area contributed by atoms with E-state index in [9.17, 15) is 5.11 Å². The van der Waals surface area contributed by atoms with Gasteiger partial charge in [-0.1, -0.05) is 33.6 Å². The molecular formula is C13H26OS2. The fourth-order valence-corrected chi connectivity index (χ4v) is 5.38. The third-order valence-electron chi connectivity index (χ3n) is 3.15. The summed E-state index contributed by atoms with van der Waals surface area (Å²) >= 11 is 4.05. The van der Waals surface area contributed by atoms with Gasteiger partial charge in [-0.25, -0.2) is 0 Å². The van der Waals surface area contributed by atoms with Gasteiger partial charge in [0.15, 0.2) is 0 Å². The number of aliphatic hydroxyl groups excluding tert-OH is 1. The fourth-order valence-electron chi connectivity index (χ4n) is 2.19. The van der Waals surface area contributed by atoms with Gasteiger partial charge in [-0.3, -0.25) is 0 Å². The van der Waals surface area contributed by atoms with Crippen LogP contribution in [0.1, 0.15) is 46.5 Å². The van der Waals surface area contributed by atoms with E-state index in [1.54, 1.807) is 0 Å². The first kappa shape index (κ1) is 14.7. The van der Waals surface area contributed by atoms with Crippen molar-refractivity contribution in [2.75, 3.05) is 11.5 Å². The van der Waals surface area contributed by atoms with Gasteiger partial charge in [-0.05, 0) is 18.8 Å². The molecule has 0 spiro atoms. The molecule has 0 amide bonds. The highest BCUT2D eigenvalue weighted by molar-refractivity contribution is 8.07. The summed E-state index contributed by atoms with van der Waals surface area (Å²) < 4.78 is 0. The Kier molecular flexibility index (Phi) is 7.25. The second kappa shape index (κ2) is 7.88. The van der Waals surface area contributed by atoms with Gasteiger partial charge in [0.25, 0.3) is 0 Å². The standard InChI is InChI=1S/C13H26OS2/c1-4-12-13(16-9-8-15-12)11(14)7-5-6-10(2)3/h10-14H,4-9H2,1-3H3. The molecule has 1 nitrogen and oxygen atoms in total. The molecule has 0 aliphatic carbocycles. The van der Waals surface area contributed by atoms with Crippen LogP contribution in [0, 0.1) is 5.92 Å². The smallest absolute Gasteiger partial charge is 0.0669 e. The normalized spacial score (nSPS) is 28.3. The Labute approximate surface area is 109 Å². The third-order valence-corrected chi connectivity index (χ3v) is 6.55. The first-order valence-electron chi connectivity index (χ1n) is 6.56. The molecule has 1 aliphatic rings. The van der Waals surface area contributed by atoms with Crippen LogP contribution in [0.2, 0.25) is 0 Å². The molecule has 96 valence electrons. The highest BCUT2D eigenvalue weighted by Crippen LogP contribution is 2.36. The molecule has 1 saturated heterocycles. The highest BCUT2D eigenvalue weighted by atomic mass is 32.2. The van der Waals surface area contributed by atoms with Crippen molar-refractivity contribution in [3.05, 3.63) is 0 Å². The van der Waals surface area contributed by atoms with Crippen molar-refractivity contribution in [2.45, 2.75) is 63.1 Å². The van der Waals surface area contributed by atoms with Crippen molar-refractivity contribution in [1.82, 2.24) is 0 Å². The molecule has 0 aromatic rings. The Hall–Kier alpha value is 0.660. The van der Waals surface area contributed by atoms with Gasteiger partial charge in [0, 0.05) is 22.0 Å². The third kappa shape index (κ3) is 4.89. The van der Waals surface area contributed by atoms with E-state index in [-0.39, 0.29) is 6.10 Å². The first-order chi connectivity index (χ1) is 7.65. The van der Waals surface area contributed by atoms with Gasteiger partial charge >= 0.3 is 0 Å². The zero-order valence-corrected chi connectivity index (χ0v) is 12.4. The van der Waals surface area contributed by atoms with Crippen LogP contribution in [0.3, 0.4) is 0 Å². The maximum Gasteiger partial charge on any atom is 0.0669 e. The minimum Gasteiger partial charge on any atom is -0.392 e. The van der Waals surface area contributed by atoms with E-state index in [1.807, 2.05) is 11.8 Å². The Balaban J connectivity index is 2.29. The first-order valence-corrected chi connectivity index (χ1v) is 8.66. The molecule has 1 fully saturated rings. The van der Waals surface area contributed by atoms with Crippen LogP contribution in [-0.4, -0.2) is 33.2 Å². The minimum absolute atomic E-state index is 0.0819. The molecule has 1 N–H and O–H groups in total. The second-order valence-corrected chi connectivity index (χ2v) is 7.68. The molecular weight excluding hydrogens is 236 g/mol. The molecule has 0 aromatic carbocycles. The second-order valence-electron chi connectivity index (χ2n) is 5.04. The van der Waals surface area contributed by atoms with Crippen molar-refractivity contribution in [3.63, 3.8) is 0 Å².